The number of unbranched alkanes of at least 4 members (excludes halogenated alkanes) is 5. The standard InChI is InChI=1S/C15H26Cl2O4/c1-2-3-4-5-6-7-11-20-14(18)9-8-10-15(19)21-12-13(16)17/h13H,2-12H2,1H3. The van der Waals surface area contributed by atoms with Crippen LogP contribution in [0.5, 0.6) is 0 Å². The molecule has 6 heteroatoms. The van der Waals surface area contributed by atoms with Crippen molar-refractivity contribution >= 4 is 35.1 Å². The van der Waals surface area contributed by atoms with E-state index in [0.717, 1.165) is 12.8 Å². The van der Waals surface area contributed by atoms with Crippen LogP contribution in [0, 0.1) is 0 Å². The van der Waals surface area contributed by atoms with E-state index in [1.165, 1.54) is 25.7 Å². The van der Waals surface area contributed by atoms with E-state index in [0.29, 0.717) is 13.0 Å². The van der Waals surface area contributed by atoms with Gasteiger partial charge in [-0.2, -0.15) is 0 Å². The summed E-state index contributed by atoms with van der Waals surface area (Å²) >= 11 is 10.9. The molecule has 0 rings (SSSR count). The van der Waals surface area contributed by atoms with E-state index in [1.807, 2.05) is 0 Å². The van der Waals surface area contributed by atoms with Crippen molar-refractivity contribution in [2.75, 3.05) is 13.2 Å². The number of alkyl halides is 2. The van der Waals surface area contributed by atoms with Crippen molar-refractivity contribution in [3.63, 3.8) is 0 Å². The topological polar surface area (TPSA) is 52.6 Å². The maximum atomic E-state index is 11.4. The molecule has 0 saturated heterocycles. The zero-order chi connectivity index (χ0) is 15.9. The minimum atomic E-state index is -0.712. The van der Waals surface area contributed by atoms with Gasteiger partial charge in [0, 0.05) is 12.8 Å². The van der Waals surface area contributed by atoms with Crippen LogP contribution < -0.4 is 0 Å². The van der Waals surface area contributed by atoms with Crippen LogP contribution in [-0.2, 0) is 19.1 Å². The number of ether oxygens (including phenoxy) is 2. The molecule has 0 aliphatic carbocycles. The number of carbonyl (C=O) groups excluding carboxylic acids is 2. The summed E-state index contributed by atoms with van der Waals surface area (Å²) in [6, 6.07) is 0. The fourth-order valence-electron chi connectivity index (χ4n) is 1.75. The fraction of sp³-hybridized carbons (Fsp3) is 0.867. The van der Waals surface area contributed by atoms with Gasteiger partial charge in [0.15, 0.2) is 0 Å². The van der Waals surface area contributed by atoms with Gasteiger partial charge in [-0.1, -0.05) is 39.0 Å². The van der Waals surface area contributed by atoms with Gasteiger partial charge in [-0.15, -0.1) is 23.2 Å². The molecule has 0 bridgehead atoms. The molecule has 21 heavy (non-hydrogen) atoms. The summed E-state index contributed by atoms with van der Waals surface area (Å²) in [6.07, 6.45) is 7.77. The summed E-state index contributed by atoms with van der Waals surface area (Å²) in [5.74, 6) is -0.658. The third-order valence-electron chi connectivity index (χ3n) is 2.89. The van der Waals surface area contributed by atoms with E-state index in [4.69, 9.17) is 32.7 Å². The van der Waals surface area contributed by atoms with Crippen LogP contribution in [0.3, 0.4) is 0 Å². The summed E-state index contributed by atoms with van der Waals surface area (Å²) in [6.45, 7) is 2.63. The molecule has 4 nitrogen and oxygen atoms in total. The molecule has 0 radical (unpaired) electrons. The summed E-state index contributed by atoms with van der Waals surface area (Å²) < 4.78 is 9.87. The number of esters is 2. The van der Waals surface area contributed by atoms with Crippen molar-refractivity contribution in [3.05, 3.63) is 0 Å². The Kier molecular flexibility index (Phi) is 14.1. The first kappa shape index (κ1) is 20.5. The quantitative estimate of drug-likeness (QED) is 0.283. The molecule has 0 atom stereocenters. The third-order valence-corrected chi connectivity index (χ3v) is 3.15. The van der Waals surface area contributed by atoms with Crippen molar-refractivity contribution < 1.29 is 19.1 Å². The second-order valence-corrected chi connectivity index (χ2v) is 6.19. The number of hydrogen-bond acceptors (Lipinski definition) is 4. The second-order valence-electron chi connectivity index (χ2n) is 4.92. The Balaban J connectivity index is 3.36. The Bertz CT molecular complexity index is 283. The molecule has 0 aromatic heterocycles. The Labute approximate surface area is 137 Å². The van der Waals surface area contributed by atoms with Gasteiger partial charge in [0.1, 0.15) is 11.4 Å². The Hall–Kier alpha value is -0.480. The summed E-state index contributed by atoms with van der Waals surface area (Å²) in [4.78, 5) is 21.9. The van der Waals surface area contributed by atoms with Crippen LogP contribution in [0.2, 0.25) is 0 Å². The Morgan fingerprint density at radius 1 is 0.857 bits per heavy atom. The lowest BCUT2D eigenvalue weighted by molar-refractivity contribution is -0.145. The highest BCUT2D eigenvalue weighted by atomic mass is 35.5. The normalized spacial score (nSPS) is 10.7. The molecule has 0 saturated carbocycles. The highest BCUT2D eigenvalue weighted by molar-refractivity contribution is 6.44. The third kappa shape index (κ3) is 15.7. The predicted molar refractivity (Wildman–Crippen MR) is 84.6 cm³/mol. The lowest BCUT2D eigenvalue weighted by atomic mass is 10.1. The van der Waals surface area contributed by atoms with Crippen LogP contribution in [-0.4, -0.2) is 30.0 Å². The van der Waals surface area contributed by atoms with E-state index in [2.05, 4.69) is 6.92 Å². The molecule has 0 unspecified atom stereocenters. The molecule has 0 fully saturated rings. The number of hydrogen-bond donors (Lipinski definition) is 0. The summed E-state index contributed by atoms with van der Waals surface area (Å²) in [5, 5.41) is 0. The van der Waals surface area contributed by atoms with Crippen molar-refractivity contribution in [2.24, 2.45) is 0 Å². The first-order valence-corrected chi connectivity index (χ1v) is 8.53. The van der Waals surface area contributed by atoms with Gasteiger partial charge in [0.05, 0.1) is 6.61 Å². The molecular weight excluding hydrogens is 315 g/mol. The molecule has 0 aliphatic rings. The molecule has 0 amide bonds. The van der Waals surface area contributed by atoms with Crippen molar-refractivity contribution in [1.82, 2.24) is 0 Å². The zero-order valence-electron chi connectivity index (χ0n) is 12.7. The van der Waals surface area contributed by atoms with Gasteiger partial charge >= 0.3 is 11.9 Å². The van der Waals surface area contributed by atoms with Gasteiger partial charge in [0.25, 0.3) is 0 Å². The van der Waals surface area contributed by atoms with E-state index < -0.39 is 10.8 Å². The highest BCUT2D eigenvalue weighted by Gasteiger charge is 2.08. The summed E-state index contributed by atoms with van der Waals surface area (Å²) in [7, 11) is 0. The maximum Gasteiger partial charge on any atom is 0.305 e. The van der Waals surface area contributed by atoms with E-state index >= 15 is 0 Å². The van der Waals surface area contributed by atoms with Gasteiger partial charge < -0.3 is 9.47 Å². The summed E-state index contributed by atoms with van der Waals surface area (Å²) in [5.41, 5.74) is 0. The number of halogens is 2. The molecule has 0 spiro atoms. The Morgan fingerprint density at radius 2 is 1.43 bits per heavy atom. The van der Waals surface area contributed by atoms with Gasteiger partial charge in [0.2, 0.25) is 0 Å². The largest absolute Gasteiger partial charge is 0.466 e. The van der Waals surface area contributed by atoms with Gasteiger partial charge in [-0.05, 0) is 12.8 Å². The van der Waals surface area contributed by atoms with E-state index in [1.54, 1.807) is 0 Å². The monoisotopic (exact) mass is 340 g/mol. The van der Waals surface area contributed by atoms with Crippen molar-refractivity contribution in [1.29, 1.82) is 0 Å². The van der Waals surface area contributed by atoms with Gasteiger partial charge in [-0.3, -0.25) is 9.59 Å². The molecule has 0 heterocycles. The molecule has 0 aliphatic heterocycles. The van der Waals surface area contributed by atoms with Crippen LogP contribution >= 0.6 is 23.2 Å². The zero-order valence-corrected chi connectivity index (χ0v) is 14.3. The van der Waals surface area contributed by atoms with Gasteiger partial charge in [-0.25, -0.2) is 0 Å². The second kappa shape index (κ2) is 14.5. The highest BCUT2D eigenvalue weighted by Crippen LogP contribution is 2.07. The predicted octanol–water partition coefficient (Wildman–Crippen LogP) is 4.41. The lowest BCUT2D eigenvalue weighted by Crippen LogP contribution is -2.11. The minimum absolute atomic E-state index is 0.0234. The van der Waals surface area contributed by atoms with Crippen molar-refractivity contribution in [3.8, 4) is 0 Å². The van der Waals surface area contributed by atoms with Crippen molar-refractivity contribution in [2.45, 2.75) is 69.5 Å². The minimum Gasteiger partial charge on any atom is -0.466 e. The average molecular weight is 341 g/mol. The first-order valence-electron chi connectivity index (χ1n) is 7.65. The maximum absolute atomic E-state index is 11.4. The Morgan fingerprint density at radius 3 is 2.05 bits per heavy atom. The van der Waals surface area contributed by atoms with Crippen LogP contribution in [0.15, 0.2) is 0 Å². The van der Waals surface area contributed by atoms with E-state index in [9.17, 15) is 9.59 Å². The van der Waals surface area contributed by atoms with Crippen LogP contribution in [0.4, 0.5) is 0 Å². The smallest absolute Gasteiger partial charge is 0.305 e. The van der Waals surface area contributed by atoms with Crippen LogP contribution in [0.1, 0.15) is 64.7 Å². The number of carbonyl (C=O) groups is 2. The molecule has 0 aromatic rings. The fourth-order valence-corrected chi connectivity index (χ4v) is 1.87. The van der Waals surface area contributed by atoms with E-state index in [-0.39, 0.29) is 25.4 Å². The van der Waals surface area contributed by atoms with Crippen LogP contribution in [0.25, 0.3) is 0 Å². The molecular formula is C15H26Cl2O4. The number of rotatable bonds is 13. The average Bonchev–Trinajstić information content (AvgIpc) is 2.44. The molecule has 0 N–H and O–H groups in total. The molecule has 124 valence electrons. The SMILES string of the molecule is CCCCCCCCOC(=O)CCCC(=O)OCC(Cl)Cl. The molecule has 0 aromatic carbocycles. The lowest BCUT2D eigenvalue weighted by Gasteiger charge is -2.06. The first-order chi connectivity index (χ1) is 10.1.